The van der Waals surface area contributed by atoms with Crippen molar-refractivity contribution < 1.29 is 34.7 Å². The Morgan fingerprint density at radius 3 is 2.65 bits per heavy atom. The van der Waals surface area contributed by atoms with Gasteiger partial charge in [-0.2, -0.15) is 0 Å². The molecule has 164 valence electrons. The fourth-order valence-electron chi connectivity index (χ4n) is 2.92. The van der Waals surface area contributed by atoms with Crippen molar-refractivity contribution in [2.24, 2.45) is 0 Å². The average molecular weight is 466 g/mol. The SMILES string of the molecule is Cc1nc(-c2cnccn2)sc1C(=O)c1cnc(OC2OC(CO)C(O)C(O)C2O)s1. The maximum Gasteiger partial charge on any atom is 0.276 e. The Kier molecular flexibility index (Phi) is 6.34. The van der Waals surface area contributed by atoms with Gasteiger partial charge >= 0.3 is 0 Å². The van der Waals surface area contributed by atoms with Gasteiger partial charge < -0.3 is 29.9 Å². The van der Waals surface area contributed by atoms with Crippen LogP contribution in [0, 0.1) is 6.92 Å². The van der Waals surface area contributed by atoms with Crippen LogP contribution in [-0.2, 0) is 4.74 Å². The highest BCUT2D eigenvalue weighted by molar-refractivity contribution is 7.19. The van der Waals surface area contributed by atoms with Crippen molar-refractivity contribution in [2.75, 3.05) is 6.61 Å². The number of ketones is 1. The molecule has 0 aromatic carbocycles. The van der Waals surface area contributed by atoms with Crippen LogP contribution >= 0.6 is 22.7 Å². The molecule has 5 atom stereocenters. The summed E-state index contributed by atoms with van der Waals surface area (Å²) in [5.74, 6) is -0.300. The summed E-state index contributed by atoms with van der Waals surface area (Å²) in [4.78, 5) is 30.2. The lowest BCUT2D eigenvalue weighted by atomic mass is 9.99. The van der Waals surface area contributed by atoms with Crippen molar-refractivity contribution in [3.63, 3.8) is 0 Å². The first-order valence-corrected chi connectivity index (χ1v) is 10.7. The lowest BCUT2D eigenvalue weighted by Gasteiger charge is -2.39. The van der Waals surface area contributed by atoms with Gasteiger partial charge in [-0.1, -0.05) is 11.3 Å². The molecule has 31 heavy (non-hydrogen) atoms. The van der Waals surface area contributed by atoms with E-state index in [1.807, 2.05) is 0 Å². The normalized spacial score (nSPS) is 26.0. The Morgan fingerprint density at radius 1 is 1.13 bits per heavy atom. The van der Waals surface area contributed by atoms with E-state index in [0.29, 0.717) is 21.3 Å². The molecule has 4 N–H and O–H groups in total. The van der Waals surface area contributed by atoms with Gasteiger partial charge in [0, 0.05) is 12.4 Å². The van der Waals surface area contributed by atoms with Crippen molar-refractivity contribution in [3.8, 4) is 15.9 Å². The lowest BCUT2D eigenvalue weighted by molar-refractivity contribution is -0.277. The van der Waals surface area contributed by atoms with Crippen molar-refractivity contribution in [1.29, 1.82) is 0 Å². The average Bonchev–Trinajstić information content (AvgIpc) is 3.41. The van der Waals surface area contributed by atoms with Crippen LogP contribution in [0.15, 0.2) is 24.8 Å². The van der Waals surface area contributed by atoms with Gasteiger partial charge in [0.2, 0.25) is 12.1 Å². The van der Waals surface area contributed by atoms with Crippen molar-refractivity contribution in [1.82, 2.24) is 19.9 Å². The maximum atomic E-state index is 12.9. The van der Waals surface area contributed by atoms with Crippen LogP contribution in [0.25, 0.3) is 10.7 Å². The summed E-state index contributed by atoms with van der Waals surface area (Å²) < 4.78 is 10.7. The third-order valence-electron chi connectivity index (χ3n) is 4.56. The fourth-order valence-corrected chi connectivity index (χ4v) is 4.70. The van der Waals surface area contributed by atoms with E-state index in [9.17, 15) is 25.2 Å². The summed E-state index contributed by atoms with van der Waals surface area (Å²) in [5.41, 5.74) is 1.10. The fraction of sp³-hybridized carbons (Fsp3) is 0.389. The molecule has 0 amide bonds. The number of aryl methyl sites for hydroxylation is 1. The summed E-state index contributed by atoms with van der Waals surface area (Å²) >= 11 is 2.11. The van der Waals surface area contributed by atoms with E-state index < -0.39 is 37.3 Å². The van der Waals surface area contributed by atoms with Gasteiger partial charge in [0.1, 0.15) is 35.1 Å². The molecule has 4 rings (SSSR count). The number of aliphatic hydroxyl groups excluding tert-OH is 4. The molecule has 4 heterocycles. The molecular weight excluding hydrogens is 448 g/mol. The van der Waals surface area contributed by atoms with Gasteiger partial charge in [0.05, 0.1) is 34.4 Å². The van der Waals surface area contributed by atoms with E-state index in [1.165, 1.54) is 17.5 Å². The third-order valence-corrected chi connectivity index (χ3v) is 6.62. The molecule has 0 spiro atoms. The molecule has 1 aliphatic heterocycles. The second-order valence-electron chi connectivity index (χ2n) is 6.66. The summed E-state index contributed by atoms with van der Waals surface area (Å²) in [6, 6.07) is 0. The number of nitrogens with zero attached hydrogens (tertiary/aromatic N) is 4. The van der Waals surface area contributed by atoms with Crippen LogP contribution in [0.3, 0.4) is 0 Å². The second-order valence-corrected chi connectivity index (χ2v) is 8.65. The highest BCUT2D eigenvalue weighted by atomic mass is 32.1. The molecule has 1 aliphatic rings. The van der Waals surface area contributed by atoms with Gasteiger partial charge in [0.15, 0.2) is 0 Å². The molecule has 11 nitrogen and oxygen atoms in total. The van der Waals surface area contributed by atoms with E-state index in [0.717, 1.165) is 11.3 Å². The van der Waals surface area contributed by atoms with E-state index >= 15 is 0 Å². The first-order valence-electron chi connectivity index (χ1n) is 9.10. The van der Waals surface area contributed by atoms with Crippen molar-refractivity contribution in [3.05, 3.63) is 40.2 Å². The van der Waals surface area contributed by atoms with Crippen LogP contribution in [-0.4, -0.2) is 83.5 Å². The largest absolute Gasteiger partial charge is 0.437 e. The van der Waals surface area contributed by atoms with Crippen LogP contribution in [0.4, 0.5) is 0 Å². The van der Waals surface area contributed by atoms with Crippen molar-refractivity contribution >= 4 is 28.5 Å². The Hall–Kier alpha value is -2.39. The first-order chi connectivity index (χ1) is 14.9. The molecule has 0 saturated carbocycles. The molecule has 5 unspecified atom stereocenters. The van der Waals surface area contributed by atoms with E-state index in [2.05, 4.69) is 19.9 Å². The number of carbonyl (C=O) groups is 1. The molecule has 0 aliphatic carbocycles. The van der Waals surface area contributed by atoms with Crippen LogP contribution in [0.5, 0.6) is 5.19 Å². The minimum absolute atomic E-state index is 0.0176. The molecule has 1 saturated heterocycles. The number of aromatic nitrogens is 4. The molecule has 3 aromatic rings. The Balaban J connectivity index is 1.50. The van der Waals surface area contributed by atoms with Gasteiger partial charge in [-0.15, -0.1) is 11.3 Å². The zero-order chi connectivity index (χ0) is 22.1. The number of carbonyl (C=O) groups excluding carboxylic acids is 1. The monoisotopic (exact) mass is 466 g/mol. The number of thiazole rings is 2. The summed E-state index contributed by atoms with van der Waals surface area (Å²) in [5, 5.41) is 39.6. The summed E-state index contributed by atoms with van der Waals surface area (Å²) in [6.07, 6.45) is -1.15. The summed E-state index contributed by atoms with van der Waals surface area (Å²) in [6.45, 7) is 1.14. The van der Waals surface area contributed by atoms with E-state index in [-0.39, 0.29) is 15.9 Å². The van der Waals surface area contributed by atoms with Crippen LogP contribution in [0.1, 0.15) is 20.2 Å². The second kappa shape index (κ2) is 9.00. The number of hydrogen-bond donors (Lipinski definition) is 4. The number of hydrogen-bond acceptors (Lipinski definition) is 13. The molecule has 13 heteroatoms. The number of aliphatic hydroxyl groups is 4. The molecule has 0 bridgehead atoms. The minimum Gasteiger partial charge on any atom is -0.437 e. The molecule has 1 fully saturated rings. The Labute approximate surface area is 183 Å². The zero-order valence-electron chi connectivity index (χ0n) is 16.0. The third kappa shape index (κ3) is 4.34. The van der Waals surface area contributed by atoms with Gasteiger partial charge in [-0.25, -0.2) is 9.97 Å². The smallest absolute Gasteiger partial charge is 0.276 e. The highest BCUT2D eigenvalue weighted by Crippen LogP contribution is 2.32. The van der Waals surface area contributed by atoms with Gasteiger partial charge in [-0.05, 0) is 6.92 Å². The zero-order valence-corrected chi connectivity index (χ0v) is 17.7. The van der Waals surface area contributed by atoms with Crippen LogP contribution < -0.4 is 4.74 Å². The lowest BCUT2D eigenvalue weighted by Crippen LogP contribution is -2.60. The Morgan fingerprint density at radius 2 is 1.94 bits per heavy atom. The Bertz CT molecular complexity index is 1060. The molecular formula is C18H18N4O7S2. The molecule has 3 aromatic heterocycles. The number of rotatable bonds is 6. The quantitative estimate of drug-likeness (QED) is 0.354. The van der Waals surface area contributed by atoms with Gasteiger partial charge in [-0.3, -0.25) is 14.8 Å². The highest BCUT2D eigenvalue weighted by Gasteiger charge is 2.45. The predicted octanol–water partition coefficient (Wildman–Crippen LogP) is -0.225. The van der Waals surface area contributed by atoms with E-state index in [1.54, 1.807) is 25.5 Å². The topological polar surface area (TPSA) is 168 Å². The standard InChI is InChI=1S/C18H18N4O7S2/c1-7-15(31-16(22-7)8-4-19-2-3-20-8)12(25)10-5-21-18(30-10)29-17-14(27)13(26)11(24)9(6-23)28-17/h2-5,9,11,13-14,17,23-24,26-27H,6H2,1H3. The van der Waals surface area contributed by atoms with Crippen molar-refractivity contribution in [2.45, 2.75) is 37.6 Å². The van der Waals surface area contributed by atoms with E-state index in [4.69, 9.17) is 9.47 Å². The van der Waals surface area contributed by atoms with Gasteiger partial charge in [0.25, 0.3) is 5.19 Å². The molecule has 0 radical (unpaired) electrons. The predicted molar refractivity (Wildman–Crippen MR) is 108 cm³/mol. The summed E-state index contributed by atoms with van der Waals surface area (Å²) in [7, 11) is 0. The minimum atomic E-state index is -1.57. The van der Waals surface area contributed by atoms with Crippen LogP contribution in [0.2, 0.25) is 0 Å². The number of ether oxygens (including phenoxy) is 2. The maximum absolute atomic E-state index is 12.9. The first kappa shape index (κ1) is 21.8.